The zero-order chi connectivity index (χ0) is 20.5. The number of hydrogen-bond acceptors (Lipinski definition) is 5. The van der Waals surface area contributed by atoms with Gasteiger partial charge >= 0.3 is 13.2 Å². The van der Waals surface area contributed by atoms with Crippen molar-refractivity contribution in [1.29, 1.82) is 0 Å². The number of carbonyl (C=O) groups is 1. The van der Waals surface area contributed by atoms with Crippen molar-refractivity contribution >= 4 is 12.1 Å². The van der Waals surface area contributed by atoms with Crippen LogP contribution >= 0.6 is 0 Å². The average molecular weight is 400 g/mol. The van der Waals surface area contributed by atoms with Crippen molar-refractivity contribution in [2.75, 3.05) is 6.61 Å². The summed E-state index contributed by atoms with van der Waals surface area (Å²) in [4.78, 5) is 11.7. The van der Waals surface area contributed by atoms with Gasteiger partial charge in [0.15, 0.2) is 6.61 Å². The second-order valence-electron chi connectivity index (χ2n) is 5.36. The fourth-order valence-electron chi connectivity index (χ4n) is 2.06. The van der Waals surface area contributed by atoms with Crippen LogP contribution in [-0.2, 0) is 4.79 Å². The molecule has 0 aliphatic heterocycles. The van der Waals surface area contributed by atoms with E-state index in [9.17, 15) is 22.4 Å². The van der Waals surface area contributed by atoms with Gasteiger partial charge < -0.3 is 14.2 Å². The highest BCUT2D eigenvalue weighted by Gasteiger charge is 2.12. The first kappa shape index (κ1) is 21.0. The number of nitrogens with zero attached hydrogens (tertiary/aromatic N) is 1. The molecule has 2 aromatic carbocycles. The smallest absolute Gasteiger partial charge is 0.387 e. The second-order valence-corrected chi connectivity index (χ2v) is 5.36. The van der Waals surface area contributed by atoms with Crippen molar-refractivity contribution in [1.82, 2.24) is 5.43 Å². The van der Waals surface area contributed by atoms with Gasteiger partial charge in [-0.2, -0.15) is 22.7 Å². The van der Waals surface area contributed by atoms with E-state index in [1.807, 2.05) is 13.0 Å². The van der Waals surface area contributed by atoms with Crippen LogP contribution in [0.15, 0.2) is 47.6 Å². The Morgan fingerprint density at radius 3 is 2.50 bits per heavy atom. The van der Waals surface area contributed by atoms with E-state index in [4.69, 9.17) is 4.74 Å². The first-order valence-corrected chi connectivity index (χ1v) is 7.88. The van der Waals surface area contributed by atoms with Gasteiger partial charge in [-0.05, 0) is 36.8 Å². The monoisotopic (exact) mass is 400 g/mol. The average Bonchev–Trinajstić information content (AvgIpc) is 2.61. The molecule has 0 saturated heterocycles. The Labute approximate surface area is 157 Å². The molecule has 150 valence electrons. The van der Waals surface area contributed by atoms with Gasteiger partial charge in [0.1, 0.15) is 17.2 Å². The Kier molecular flexibility index (Phi) is 7.61. The van der Waals surface area contributed by atoms with Crippen LogP contribution in [0.2, 0.25) is 0 Å². The third-order valence-electron chi connectivity index (χ3n) is 3.18. The maximum atomic E-state index is 12.5. The topological polar surface area (TPSA) is 69.2 Å². The molecule has 1 amide bonds. The number of amides is 1. The molecule has 2 rings (SSSR count). The van der Waals surface area contributed by atoms with Gasteiger partial charge in [-0.3, -0.25) is 4.79 Å². The molecular weight excluding hydrogens is 384 g/mol. The summed E-state index contributed by atoms with van der Waals surface area (Å²) in [6, 6.07) is 10.2. The number of hydrazone groups is 1. The van der Waals surface area contributed by atoms with E-state index in [1.54, 1.807) is 18.2 Å². The summed E-state index contributed by atoms with van der Waals surface area (Å²) in [7, 11) is 0. The maximum Gasteiger partial charge on any atom is 0.387 e. The van der Waals surface area contributed by atoms with Gasteiger partial charge in [0.05, 0.1) is 6.21 Å². The molecule has 0 heterocycles. The Morgan fingerprint density at radius 1 is 1.07 bits per heavy atom. The number of carbonyl (C=O) groups excluding carboxylic acids is 1. The van der Waals surface area contributed by atoms with E-state index in [-0.39, 0.29) is 17.9 Å². The van der Waals surface area contributed by atoms with Crippen molar-refractivity contribution < 1.29 is 36.6 Å². The standard InChI is InChI=1S/C18H16F4N2O4/c1-11-3-2-4-13(7-11)26-10-16(25)24-23-9-12-5-6-14(27-17(19)20)8-15(12)28-18(21)22/h2-9,17-18H,10H2,1H3,(H,24,25)/b23-9-. The summed E-state index contributed by atoms with van der Waals surface area (Å²) in [5.74, 6) is -0.895. The van der Waals surface area contributed by atoms with Crippen molar-refractivity contribution in [2.24, 2.45) is 5.10 Å². The molecule has 28 heavy (non-hydrogen) atoms. The molecule has 0 saturated carbocycles. The van der Waals surface area contributed by atoms with Gasteiger partial charge in [-0.25, -0.2) is 5.43 Å². The van der Waals surface area contributed by atoms with E-state index >= 15 is 0 Å². The third kappa shape index (κ3) is 7.14. The lowest BCUT2D eigenvalue weighted by molar-refractivity contribution is -0.123. The lowest BCUT2D eigenvalue weighted by Crippen LogP contribution is -2.24. The molecule has 2 aromatic rings. The van der Waals surface area contributed by atoms with Gasteiger partial charge in [0.25, 0.3) is 5.91 Å². The highest BCUT2D eigenvalue weighted by molar-refractivity contribution is 5.85. The quantitative estimate of drug-likeness (QED) is 0.396. The largest absolute Gasteiger partial charge is 0.484 e. The minimum absolute atomic E-state index is 0.0156. The minimum Gasteiger partial charge on any atom is -0.484 e. The maximum absolute atomic E-state index is 12.5. The predicted octanol–water partition coefficient (Wildman–Crippen LogP) is 3.73. The molecule has 0 atom stereocenters. The molecule has 0 spiro atoms. The molecule has 0 unspecified atom stereocenters. The summed E-state index contributed by atoms with van der Waals surface area (Å²) < 4.78 is 63.1. The summed E-state index contributed by atoms with van der Waals surface area (Å²) in [5, 5.41) is 3.61. The van der Waals surface area contributed by atoms with E-state index in [1.165, 1.54) is 6.07 Å². The number of ether oxygens (including phenoxy) is 3. The van der Waals surface area contributed by atoms with E-state index in [0.29, 0.717) is 5.75 Å². The van der Waals surface area contributed by atoms with Crippen molar-refractivity contribution in [3.8, 4) is 17.2 Å². The van der Waals surface area contributed by atoms with Gasteiger partial charge in [0, 0.05) is 11.6 Å². The van der Waals surface area contributed by atoms with Crippen LogP contribution in [0, 0.1) is 6.92 Å². The number of halogens is 4. The molecular formula is C18H16F4N2O4. The normalized spacial score (nSPS) is 11.1. The molecule has 0 aliphatic rings. The summed E-state index contributed by atoms with van der Waals surface area (Å²) >= 11 is 0. The summed E-state index contributed by atoms with van der Waals surface area (Å²) in [5.41, 5.74) is 3.13. The highest BCUT2D eigenvalue weighted by Crippen LogP contribution is 2.26. The van der Waals surface area contributed by atoms with Gasteiger partial charge in [-0.15, -0.1) is 0 Å². The number of aryl methyl sites for hydroxylation is 1. The molecule has 0 bridgehead atoms. The number of rotatable bonds is 9. The molecule has 0 radical (unpaired) electrons. The SMILES string of the molecule is Cc1cccc(OCC(=O)N/N=C\c2ccc(OC(F)F)cc2OC(F)F)c1. The van der Waals surface area contributed by atoms with Crippen LogP contribution in [0.1, 0.15) is 11.1 Å². The molecule has 1 N–H and O–H groups in total. The summed E-state index contributed by atoms with van der Waals surface area (Å²) in [6.45, 7) is -4.76. The highest BCUT2D eigenvalue weighted by atomic mass is 19.3. The second kappa shape index (κ2) is 10.1. The van der Waals surface area contributed by atoms with E-state index < -0.39 is 24.9 Å². The van der Waals surface area contributed by atoms with Crippen LogP contribution in [0.4, 0.5) is 17.6 Å². The van der Waals surface area contributed by atoms with Gasteiger partial charge in [0.2, 0.25) is 0 Å². The Hall–Kier alpha value is -3.30. The fraction of sp³-hybridized carbons (Fsp3) is 0.222. The van der Waals surface area contributed by atoms with Crippen LogP contribution in [0.5, 0.6) is 17.2 Å². The molecule has 0 aromatic heterocycles. The van der Waals surface area contributed by atoms with Crippen LogP contribution < -0.4 is 19.6 Å². The Morgan fingerprint density at radius 2 is 1.82 bits per heavy atom. The molecule has 0 aliphatic carbocycles. The molecule has 10 heteroatoms. The van der Waals surface area contributed by atoms with Crippen LogP contribution in [-0.4, -0.2) is 32.0 Å². The predicted molar refractivity (Wildman–Crippen MR) is 92.1 cm³/mol. The number of nitrogens with one attached hydrogen (secondary N) is 1. The Bertz CT molecular complexity index is 831. The minimum atomic E-state index is -3.19. The van der Waals surface area contributed by atoms with E-state index in [2.05, 4.69) is 20.0 Å². The Balaban J connectivity index is 1.96. The zero-order valence-corrected chi connectivity index (χ0v) is 14.6. The number of benzene rings is 2. The zero-order valence-electron chi connectivity index (χ0n) is 14.6. The fourth-order valence-corrected chi connectivity index (χ4v) is 2.06. The van der Waals surface area contributed by atoms with Crippen molar-refractivity contribution in [3.63, 3.8) is 0 Å². The molecule has 6 nitrogen and oxygen atoms in total. The van der Waals surface area contributed by atoms with E-state index in [0.717, 1.165) is 23.9 Å². The van der Waals surface area contributed by atoms with Crippen LogP contribution in [0.25, 0.3) is 0 Å². The first-order chi connectivity index (χ1) is 13.3. The molecule has 0 fully saturated rings. The van der Waals surface area contributed by atoms with Crippen LogP contribution in [0.3, 0.4) is 0 Å². The third-order valence-corrected chi connectivity index (χ3v) is 3.18. The van der Waals surface area contributed by atoms with Crippen molar-refractivity contribution in [2.45, 2.75) is 20.1 Å². The number of alkyl halides is 4. The van der Waals surface area contributed by atoms with Crippen molar-refractivity contribution in [3.05, 3.63) is 53.6 Å². The number of hydrogen-bond donors (Lipinski definition) is 1. The lowest BCUT2D eigenvalue weighted by Gasteiger charge is -2.10. The lowest BCUT2D eigenvalue weighted by atomic mass is 10.2. The van der Waals surface area contributed by atoms with Gasteiger partial charge in [-0.1, -0.05) is 12.1 Å². The summed E-state index contributed by atoms with van der Waals surface area (Å²) in [6.07, 6.45) is 1.02. The first-order valence-electron chi connectivity index (χ1n) is 7.88.